The van der Waals surface area contributed by atoms with Gasteiger partial charge in [-0.15, -0.1) is 0 Å². The van der Waals surface area contributed by atoms with Crippen LogP contribution in [0.5, 0.6) is 0 Å². The summed E-state index contributed by atoms with van der Waals surface area (Å²) in [5, 5.41) is 6.89. The number of amides is 1. The third kappa shape index (κ3) is 8.78. The van der Waals surface area contributed by atoms with Crippen molar-refractivity contribution in [2.75, 3.05) is 13.1 Å². The second kappa shape index (κ2) is 14.5. The first-order chi connectivity index (χ1) is 10.2. The van der Waals surface area contributed by atoms with E-state index in [1.54, 1.807) is 12.3 Å². The number of carbonyl (C=O) groups excluding carboxylic acids is 1. The van der Waals surface area contributed by atoms with Gasteiger partial charge in [0.2, 0.25) is 0 Å². The van der Waals surface area contributed by atoms with Crippen molar-refractivity contribution < 1.29 is 14.7 Å². The van der Waals surface area contributed by atoms with E-state index < -0.39 is 0 Å². The molecule has 0 unspecified atom stereocenters. The molecule has 0 aromatic carbocycles. The molecule has 1 aliphatic heterocycles. The molecule has 1 fully saturated rings. The molecule has 0 atom stereocenters. The molecule has 1 aromatic rings. The lowest BCUT2D eigenvalue weighted by Gasteiger charge is -2.14. The third-order valence-electron chi connectivity index (χ3n) is 2.52. The number of rotatable bonds is 1. The summed E-state index contributed by atoms with van der Waals surface area (Å²) in [6.45, 7) is 11.5. The Hall–Kier alpha value is -1.91. The topological polar surface area (TPSA) is 70.5 Å². The Bertz CT molecular complexity index is 372. The molecule has 1 aromatic heterocycles. The van der Waals surface area contributed by atoms with E-state index in [0.29, 0.717) is 5.69 Å². The van der Waals surface area contributed by atoms with Gasteiger partial charge < -0.3 is 10.0 Å². The van der Waals surface area contributed by atoms with Crippen LogP contribution in [0.1, 0.15) is 56.6 Å². The highest BCUT2D eigenvalue weighted by molar-refractivity contribution is 5.92. The number of hydrogen-bond donors (Lipinski definition) is 1. The molecule has 5 heteroatoms. The number of pyridine rings is 1. The van der Waals surface area contributed by atoms with Crippen molar-refractivity contribution in [3.63, 3.8) is 0 Å². The third-order valence-corrected chi connectivity index (χ3v) is 2.52. The number of nitrogens with zero attached hydrogens (tertiary/aromatic N) is 2. The van der Waals surface area contributed by atoms with Gasteiger partial charge >= 0.3 is 0 Å². The molecule has 2 heterocycles. The number of aryl methyl sites for hydroxylation is 1. The zero-order valence-electron chi connectivity index (χ0n) is 13.8. The molecule has 0 saturated carbocycles. The van der Waals surface area contributed by atoms with Crippen molar-refractivity contribution >= 4 is 12.4 Å². The molecular formula is C16H28N2O3. The van der Waals surface area contributed by atoms with E-state index in [9.17, 15) is 4.79 Å². The molecule has 0 radical (unpaired) electrons. The van der Waals surface area contributed by atoms with Crippen LogP contribution >= 0.6 is 0 Å². The summed E-state index contributed by atoms with van der Waals surface area (Å²) in [5.74, 6) is 0.0718. The highest BCUT2D eigenvalue weighted by atomic mass is 16.3. The minimum atomic E-state index is -0.250. The van der Waals surface area contributed by atoms with Crippen LogP contribution in [0.4, 0.5) is 0 Å². The minimum Gasteiger partial charge on any atom is -0.483 e. The Balaban J connectivity index is 0. The van der Waals surface area contributed by atoms with Gasteiger partial charge in [0.1, 0.15) is 5.69 Å². The molecular weight excluding hydrogens is 268 g/mol. The Labute approximate surface area is 128 Å². The van der Waals surface area contributed by atoms with Gasteiger partial charge in [0.25, 0.3) is 12.4 Å². The zero-order valence-corrected chi connectivity index (χ0v) is 13.8. The second-order valence-electron chi connectivity index (χ2n) is 3.83. The largest absolute Gasteiger partial charge is 0.483 e. The van der Waals surface area contributed by atoms with E-state index in [1.165, 1.54) is 0 Å². The van der Waals surface area contributed by atoms with Crippen LogP contribution in [0.25, 0.3) is 0 Å². The Kier molecular flexibility index (Phi) is 14.8. The lowest BCUT2D eigenvalue weighted by molar-refractivity contribution is -0.122. The van der Waals surface area contributed by atoms with E-state index in [0.717, 1.165) is 31.5 Å². The number of likely N-dealkylation sites (tertiary alicyclic amines) is 1. The van der Waals surface area contributed by atoms with Crippen molar-refractivity contribution in [2.45, 2.75) is 47.5 Å². The summed E-state index contributed by atoms with van der Waals surface area (Å²) < 4.78 is 0. The average molecular weight is 296 g/mol. The van der Waals surface area contributed by atoms with E-state index in [-0.39, 0.29) is 12.4 Å². The summed E-state index contributed by atoms with van der Waals surface area (Å²) in [5.41, 5.74) is 1.65. The fourth-order valence-electron chi connectivity index (χ4n) is 1.68. The monoisotopic (exact) mass is 296 g/mol. The van der Waals surface area contributed by atoms with Crippen molar-refractivity contribution in [2.24, 2.45) is 0 Å². The molecule has 2 rings (SSSR count). The molecule has 21 heavy (non-hydrogen) atoms. The van der Waals surface area contributed by atoms with Crippen LogP contribution in [-0.4, -0.2) is 40.5 Å². The second-order valence-corrected chi connectivity index (χ2v) is 3.83. The Morgan fingerprint density at radius 3 is 2.05 bits per heavy atom. The summed E-state index contributed by atoms with van der Waals surface area (Å²) in [6, 6.07) is 3.73. The fraction of sp³-hybridized carbons (Fsp3) is 0.562. The first kappa shape index (κ1) is 21.4. The van der Waals surface area contributed by atoms with Crippen molar-refractivity contribution in [1.29, 1.82) is 0 Å². The van der Waals surface area contributed by atoms with Crippen LogP contribution in [-0.2, 0) is 4.79 Å². The molecule has 1 amide bonds. The first-order valence-electron chi connectivity index (χ1n) is 7.49. The fourth-order valence-corrected chi connectivity index (χ4v) is 1.68. The SMILES string of the molecule is CC.CC.Cc1ccc(C(=O)N2CCCC2)nc1.O=CO. The number of carbonyl (C=O) groups is 2. The maximum atomic E-state index is 11.8. The molecule has 1 aliphatic rings. The van der Waals surface area contributed by atoms with Crippen LogP contribution in [0.3, 0.4) is 0 Å². The highest BCUT2D eigenvalue weighted by Gasteiger charge is 2.19. The van der Waals surface area contributed by atoms with Gasteiger partial charge in [-0.1, -0.05) is 33.8 Å². The van der Waals surface area contributed by atoms with Crippen LogP contribution in [0, 0.1) is 6.92 Å². The van der Waals surface area contributed by atoms with E-state index >= 15 is 0 Å². The quantitative estimate of drug-likeness (QED) is 0.806. The Morgan fingerprint density at radius 2 is 1.67 bits per heavy atom. The number of aromatic nitrogens is 1. The smallest absolute Gasteiger partial charge is 0.290 e. The van der Waals surface area contributed by atoms with Gasteiger partial charge in [-0.25, -0.2) is 0 Å². The molecule has 0 bridgehead atoms. The molecule has 1 saturated heterocycles. The molecule has 0 aliphatic carbocycles. The predicted octanol–water partition coefficient (Wildman–Crippen LogP) is 3.38. The highest BCUT2D eigenvalue weighted by Crippen LogP contribution is 2.11. The normalized spacial score (nSPS) is 11.8. The molecule has 1 N–H and O–H groups in total. The maximum absolute atomic E-state index is 11.8. The van der Waals surface area contributed by atoms with E-state index in [4.69, 9.17) is 9.90 Å². The first-order valence-corrected chi connectivity index (χ1v) is 7.49. The molecule has 120 valence electrons. The summed E-state index contributed by atoms with van der Waals surface area (Å²) in [7, 11) is 0. The average Bonchev–Trinajstić information content (AvgIpc) is 3.06. The van der Waals surface area contributed by atoms with Gasteiger partial charge in [-0.3, -0.25) is 14.6 Å². The Morgan fingerprint density at radius 1 is 1.19 bits per heavy atom. The van der Waals surface area contributed by atoms with E-state index in [2.05, 4.69) is 4.98 Å². The molecule has 0 spiro atoms. The number of hydrogen-bond acceptors (Lipinski definition) is 3. The summed E-state index contributed by atoms with van der Waals surface area (Å²) in [4.78, 5) is 26.2. The lowest BCUT2D eigenvalue weighted by Crippen LogP contribution is -2.28. The summed E-state index contributed by atoms with van der Waals surface area (Å²) in [6.07, 6.45) is 3.98. The lowest BCUT2D eigenvalue weighted by atomic mass is 10.2. The minimum absolute atomic E-state index is 0.0718. The van der Waals surface area contributed by atoms with Crippen LogP contribution in [0.15, 0.2) is 18.3 Å². The van der Waals surface area contributed by atoms with Crippen molar-refractivity contribution in [3.05, 3.63) is 29.6 Å². The van der Waals surface area contributed by atoms with Gasteiger partial charge in [-0.2, -0.15) is 0 Å². The van der Waals surface area contributed by atoms with Gasteiger partial charge in [0, 0.05) is 19.3 Å². The van der Waals surface area contributed by atoms with Gasteiger partial charge in [0.15, 0.2) is 0 Å². The zero-order chi connectivity index (χ0) is 16.7. The van der Waals surface area contributed by atoms with Crippen molar-refractivity contribution in [3.8, 4) is 0 Å². The predicted molar refractivity (Wildman–Crippen MR) is 85.5 cm³/mol. The van der Waals surface area contributed by atoms with Crippen LogP contribution < -0.4 is 0 Å². The van der Waals surface area contributed by atoms with E-state index in [1.807, 2.05) is 45.6 Å². The number of carboxylic acid groups (broad SMARTS) is 1. The summed E-state index contributed by atoms with van der Waals surface area (Å²) >= 11 is 0. The van der Waals surface area contributed by atoms with Crippen LogP contribution in [0.2, 0.25) is 0 Å². The van der Waals surface area contributed by atoms with Gasteiger partial charge in [-0.05, 0) is 31.4 Å². The standard InChI is InChI=1S/C11H14N2O.2C2H6.CH2O2/c1-9-4-5-10(12-8-9)11(14)13-6-2-3-7-13;2*1-2;2-1-3/h4-5,8H,2-3,6-7H2,1H3;2*1-2H3;1H,(H,2,3). The van der Waals surface area contributed by atoms with Crippen molar-refractivity contribution in [1.82, 2.24) is 9.88 Å². The molecule has 5 nitrogen and oxygen atoms in total. The van der Waals surface area contributed by atoms with Gasteiger partial charge in [0.05, 0.1) is 0 Å². The maximum Gasteiger partial charge on any atom is 0.290 e.